The van der Waals surface area contributed by atoms with Gasteiger partial charge in [0.2, 0.25) is 0 Å². The van der Waals surface area contributed by atoms with Gasteiger partial charge in [-0.15, -0.1) is 0 Å². The number of aliphatic hydroxyl groups is 2. The molecule has 4 N–H and O–H groups in total. The largest absolute Gasteiger partial charge is 0.395 e. The van der Waals surface area contributed by atoms with Crippen molar-refractivity contribution in [3.05, 3.63) is 30.1 Å². The Labute approximate surface area is 111 Å². The Morgan fingerprint density at radius 3 is 2.42 bits per heavy atom. The summed E-state index contributed by atoms with van der Waals surface area (Å²) < 4.78 is 0. The standard InChI is InChI=1S/C13H18N4O2/c14-13-10-3-1-2-4-11(10)15-12(16-13)9-17(5-7-18)6-8-19/h1-4,18-19H,5-9H2,(H2,14,15,16). The van der Waals surface area contributed by atoms with Crippen LogP contribution in [0.1, 0.15) is 5.82 Å². The summed E-state index contributed by atoms with van der Waals surface area (Å²) in [6.07, 6.45) is 0. The molecule has 0 spiro atoms. The van der Waals surface area contributed by atoms with Crippen molar-refractivity contribution in [2.45, 2.75) is 6.54 Å². The zero-order valence-electron chi connectivity index (χ0n) is 10.7. The number of nitrogens with two attached hydrogens (primary N) is 1. The molecule has 0 saturated carbocycles. The number of benzene rings is 1. The highest BCUT2D eigenvalue weighted by molar-refractivity contribution is 5.87. The number of nitrogens with zero attached hydrogens (tertiary/aromatic N) is 3. The number of para-hydroxylation sites is 1. The lowest BCUT2D eigenvalue weighted by atomic mass is 10.2. The van der Waals surface area contributed by atoms with Crippen LogP contribution in [0.3, 0.4) is 0 Å². The molecule has 0 saturated heterocycles. The Hall–Kier alpha value is -1.76. The fourth-order valence-corrected chi connectivity index (χ4v) is 1.97. The van der Waals surface area contributed by atoms with Crippen LogP contribution in [0.25, 0.3) is 10.9 Å². The van der Waals surface area contributed by atoms with Crippen LogP contribution in [0.15, 0.2) is 24.3 Å². The molecule has 0 aliphatic heterocycles. The molecule has 0 fully saturated rings. The van der Waals surface area contributed by atoms with E-state index < -0.39 is 0 Å². The van der Waals surface area contributed by atoms with Crippen LogP contribution in [-0.4, -0.2) is 51.4 Å². The van der Waals surface area contributed by atoms with Gasteiger partial charge in [-0.25, -0.2) is 9.97 Å². The summed E-state index contributed by atoms with van der Waals surface area (Å²) in [5, 5.41) is 18.8. The Balaban J connectivity index is 2.24. The first-order valence-electron chi connectivity index (χ1n) is 6.20. The lowest BCUT2D eigenvalue weighted by molar-refractivity contribution is 0.153. The molecule has 0 bridgehead atoms. The minimum absolute atomic E-state index is 0.0308. The van der Waals surface area contributed by atoms with Crippen molar-refractivity contribution in [2.24, 2.45) is 0 Å². The molecule has 2 rings (SSSR count). The van der Waals surface area contributed by atoms with Crippen LogP contribution in [0, 0.1) is 0 Å². The maximum absolute atomic E-state index is 8.98. The number of hydrogen-bond acceptors (Lipinski definition) is 6. The first kappa shape index (κ1) is 13.7. The van der Waals surface area contributed by atoms with Crippen LogP contribution in [0.5, 0.6) is 0 Å². The normalized spacial score (nSPS) is 11.3. The predicted molar refractivity (Wildman–Crippen MR) is 73.4 cm³/mol. The third-order valence-corrected chi connectivity index (χ3v) is 2.88. The van der Waals surface area contributed by atoms with E-state index >= 15 is 0 Å². The number of aromatic nitrogens is 2. The molecule has 0 atom stereocenters. The summed E-state index contributed by atoms with van der Waals surface area (Å²) in [4.78, 5) is 10.6. The molecule has 19 heavy (non-hydrogen) atoms. The fraction of sp³-hybridized carbons (Fsp3) is 0.385. The van der Waals surface area contributed by atoms with Crippen molar-refractivity contribution in [3.63, 3.8) is 0 Å². The van der Waals surface area contributed by atoms with E-state index in [2.05, 4.69) is 9.97 Å². The van der Waals surface area contributed by atoms with Crippen LogP contribution in [0.4, 0.5) is 5.82 Å². The van der Waals surface area contributed by atoms with Crippen molar-refractivity contribution in [1.29, 1.82) is 0 Å². The predicted octanol–water partition coefficient (Wildman–Crippen LogP) is -0.00140. The molecule has 6 heteroatoms. The van der Waals surface area contributed by atoms with Gasteiger partial charge in [-0.1, -0.05) is 12.1 Å². The Morgan fingerprint density at radius 2 is 1.74 bits per heavy atom. The average Bonchev–Trinajstić information content (AvgIpc) is 2.39. The van der Waals surface area contributed by atoms with Crippen molar-refractivity contribution in [3.8, 4) is 0 Å². The van der Waals surface area contributed by atoms with Gasteiger partial charge in [0.15, 0.2) is 0 Å². The van der Waals surface area contributed by atoms with Gasteiger partial charge in [0.25, 0.3) is 0 Å². The van der Waals surface area contributed by atoms with Crippen LogP contribution in [0.2, 0.25) is 0 Å². The van der Waals surface area contributed by atoms with E-state index in [9.17, 15) is 0 Å². The summed E-state index contributed by atoms with van der Waals surface area (Å²) in [5.74, 6) is 1.05. The Bertz CT molecular complexity index is 541. The number of hydrogen-bond donors (Lipinski definition) is 3. The van der Waals surface area contributed by atoms with E-state index in [-0.39, 0.29) is 13.2 Å². The molecule has 1 aromatic carbocycles. The summed E-state index contributed by atoms with van der Waals surface area (Å²) in [6, 6.07) is 7.57. The van der Waals surface area contributed by atoms with Gasteiger partial charge in [-0.3, -0.25) is 4.90 Å². The molecule has 0 unspecified atom stereocenters. The minimum atomic E-state index is 0.0308. The SMILES string of the molecule is Nc1nc(CN(CCO)CCO)nc2ccccc12. The molecule has 0 amide bonds. The van der Waals surface area contributed by atoms with Gasteiger partial charge in [-0.2, -0.15) is 0 Å². The number of rotatable bonds is 6. The summed E-state index contributed by atoms with van der Waals surface area (Å²) in [5.41, 5.74) is 6.72. The smallest absolute Gasteiger partial charge is 0.145 e. The highest BCUT2D eigenvalue weighted by Gasteiger charge is 2.09. The molecule has 0 aliphatic carbocycles. The van der Waals surface area contributed by atoms with Gasteiger partial charge in [0.1, 0.15) is 11.6 Å². The first-order chi connectivity index (χ1) is 9.24. The molecule has 0 radical (unpaired) electrons. The monoisotopic (exact) mass is 262 g/mol. The topological polar surface area (TPSA) is 95.5 Å². The van der Waals surface area contributed by atoms with Gasteiger partial charge >= 0.3 is 0 Å². The second-order valence-electron chi connectivity index (χ2n) is 4.27. The zero-order chi connectivity index (χ0) is 13.7. The first-order valence-corrected chi connectivity index (χ1v) is 6.20. The number of aliphatic hydroxyl groups excluding tert-OH is 2. The summed E-state index contributed by atoms with van der Waals surface area (Å²) in [6.45, 7) is 1.45. The van der Waals surface area contributed by atoms with Crippen molar-refractivity contribution in [2.75, 3.05) is 32.0 Å². The molecule has 1 aromatic heterocycles. The van der Waals surface area contributed by atoms with Crippen molar-refractivity contribution in [1.82, 2.24) is 14.9 Å². The van der Waals surface area contributed by atoms with E-state index in [0.29, 0.717) is 31.3 Å². The number of anilines is 1. The van der Waals surface area contributed by atoms with Gasteiger partial charge in [-0.05, 0) is 12.1 Å². The molecule has 6 nitrogen and oxygen atoms in total. The zero-order valence-corrected chi connectivity index (χ0v) is 10.7. The molecular formula is C13H18N4O2. The van der Waals surface area contributed by atoms with E-state index in [1.807, 2.05) is 29.2 Å². The maximum Gasteiger partial charge on any atom is 0.145 e. The lowest BCUT2D eigenvalue weighted by Crippen LogP contribution is -2.30. The highest BCUT2D eigenvalue weighted by atomic mass is 16.3. The number of nitrogen functional groups attached to an aromatic ring is 1. The van der Waals surface area contributed by atoms with Crippen LogP contribution >= 0.6 is 0 Å². The van der Waals surface area contributed by atoms with Crippen molar-refractivity contribution >= 4 is 16.7 Å². The molecular weight excluding hydrogens is 244 g/mol. The lowest BCUT2D eigenvalue weighted by Gasteiger charge is -2.19. The van der Waals surface area contributed by atoms with E-state index in [0.717, 1.165) is 10.9 Å². The van der Waals surface area contributed by atoms with Crippen LogP contribution in [-0.2, 0) is 6.54 Å². The second kappa shape index (κ2) is 6.42. The summed E-state index contributed by atoms with van der Waals surface area (Å²) >= 11 is 0. The molecule has 1 heterocycles. The third-order valence-electron chi connectivity index (χ3n) is 2.88. The van der Waals surface area contributed by atoms with Gasteiger partial charge in [0, 0.05) is 18.5 Å². The third kappa shape index (κ3) is 3.37. The molecule has 0 aliphatic rings. The van der Waals surface area contributed by atoms with E-state index in [1.54, 1.807) is 0 Å². The summed E-state index contributed by atoms with van der Waals surface area (Å²) in [7, 11) is 0. The quantitative estimate of drug-likeness (QED) is 0.678. The van der Waals surface area contributed by atoms with Crippen LogP contribution < -0.4 is 5.73 Å². The molecule has 102 valence electrons. The average molecular weight is 262 g/mol. The van der Waals surface area contributed by atoms with E-state index in [4.69, 9.17) is 15.9 Å². The maximum atomic E-state index is 8.98. The fourth-order valence-electron chi connectivity index (χ4n) is 1.97. The van der Waals surface area contributed by atoms with Gasteiger partial charge in [0.05, 0.1) is 25.3 Å². The molecule has 2 aromatic rings. The second-order valence-corrected chi connectivity index (χ2v) is 4.27. The highest BCUT2D eigenvalue weighted by Crippen LogP contribution is 2.17. The van der Waals surface area contributed by atoms with Crippen molar-refractivity contribution < 1.29 is 10.2 Å². The van der Waals surface area contributed by atoms with Gasteiger partial charge < -0.3 is 15.9 Å². The number of fused-ring (bicyclic) bond motifs is 1. The Kier molecular flexibility index (Phi) is 4.62. The minimum Gasteiger partial charge on any atom is -0.395 e. The van der Waals surface area contributed by atoms with E-state index in [1.165, 1.54) is 0 Å². The Morgan fingerprint density at radius 1 is 1.05 bits per heavy atom.